The fourth-order valence-electron chi connectivity index (χ4n) is 2.06. The zero-order valence-electron chi connectivity index (χ0n) is 11.8. The maximum atomic E-state index is 12.3. The highest BCUT2D eigenvalue weighted by molar-refractivity contribution is 6.00. The van der Waals surface area contributed by atoms with Gasteiger partial charge in [0.2, 0.25) is 0 Å². The summed E-state index contributed by atoms with van der Waals surface area (Å²) in [6.07, 6.45) is 4.98. The summed E-state index contributed by atoms with van der Waals surface area (Å²) in [5, 5.41) is 6.06. The van der Waals surface area contributed by atoms with Crippen LogP contribution >= 0.6 is 0 Å². The second kappa shape index (κ2) is 6.58. The van der Waals surface area contributed by atoms with Gasteiger partial charge in [0.25, 0.3) is 5.91 Å². The molecule has 0 atom stereocenters. The summed E-state index contributed by atoms with van der Waals surface area (Å²) < 4.78 is 5.21. The fraction of sp³-hybridized carbons (Fsp3) is 0.0588. The van der Waals surface area contributed by atoms with Crippen molar-refractivity contribution < 1.29 is 9.21 Å². The van der Waals surface area contributed by atoms with Crippen molar-refractivity contribution in [2.24, 2.45) is 0 Å². The molecule has 1 amide bonds. The van der Waals surface area contributed by atoms with Gasteiger partial charge in [-0.3, -0.25) is 9.78 Å². The van der Waals surface area contributed by atoms with E-state index in [1.54, 1.807) is 30.8 Å². The number of carbonyl (C=O) groups is 1. The van der Waals surface area contributed by atoms with E-state index in [-0.39, 0.29) is 5.91 Å². The van der Waals surface area contributed by atoms with Crippen molar-refractivity contribution in [3.8, 4) is 0 Å². The number of para-hydroxylation sites is 1. The second-order valence-corrected chi connectivity index (χ2v) is 4.67. The van der Waals surface area contributed by atoms with Gasteiger partial charge in [-0.15, -0.1) is 0 Å². The molecular weight excluding hydrogens is 278 g/mol. The molecule has 0 aliphatic heterocycles. The molecule has 0 spiro atoms. The number of nitrogens with one attached hydrogen (secondary N) is 2. The average molecular weight is 293 g/mol. The monoisotopic (exact) mass is 293 g/mol. The molecule has 110 valence electrons. The quantitative estimate of drug-likeness (QED) is 0.757. The predicted molar refractivity (Wildman–Crippen MR) is 83.8 cm³/mol. The van der Waals surface area contributed by atoms with Crippen molar-refractivity contribution in [2.45, 2.75) is 6.54 Å². The lowest BCUT2D eigenvalue weighted by Crippen LogP contribution is -2.23. The van der Waals surface area contributed by atoms with Crippen LogP contribution in [0.5, 0.6) is 0 Å². The van der Waals surface area contributed by atoms with Crippen LogP contribution in [0.2, 0.25) is 0 Å². The van der Waals surface area contributed by atoms with E-state index in [0.717, 1.165) is 11.4 Å². The van der Waals surface area contributed by atoms with E-state index in [9.17, 15) is 4.79 Å². The molecule has 0 fully saturated rings. The summed E-state index contributed by atoms with van der Waals surface area (Å²) in [7, 11) is 0. The van der Waals surface area contributed by atoms with Crippen molar-refractivity contribution >= 4 is 17.3 Å². The van der Waals surface area contributed by atoms with Gasteiger partial charge in [0.15, 0.2) is 0 Å². The third-order valence-electron chi connectivity index (χ3n) is 3.13. The van der Waals surface area contributed by atoms with Crippen LogP contribution in [0, 0.1) is 0 Å². The number of hydrogen-bond donors (Lipinski definition) is 2. The van der Waals surface area contributed by atoms with E-state index < -0.39 is 0 Å². The number of benzene rings is 1. The largest absolute Gasteiger partial charge is 0.467 e. The molecule has 0 bridgehead atoms. The first-order valence-corrected chi connectivity index (χ1v) is 6.89. The Labute approximate surface area is 128 Å². The highest BCUT2D eigenvalue weighted by Gasteiger charge is 2.11. The molecule has 0 aliphatic rings. The molecule has 5 nitrogen and oxygen atoms in total. The van der Waals surface area contributed by atoms with Crippen LogP contribution in [0.4, 0.5) is 11.4 Å². The average Bonchev–Trinajstić information content (AvgIpc) is 3.08. The Morgan fingerprint density at radius 3 is 2.64 bits per heavy atom. The minimum atomic E-state index is -0.159. The first kappa shape index (κ1) is 13.9. The standard InChI is InChI=1S/C17H15N3O2/c21-17(19-12-14-4-3-11-22-14)15-5-1-2-6-16(15)20-13-7-9-18-10-8-13/h1-11H,12H2,(H,18,20)(H,19,21). The number of anilines is 2. The summed E-state index contributed by atoms with van der Waals surface area (Å²) in [6, 6.07) is 14.7. The lowest BCUT2D eigenvalue weighted by Gasteiger charge is -2.11. The van der Waals surface area contributed by atoms with Crippen molar-refractivity contribution in [3.05, 3.63) is 78.5 Å². The summed E-state index contributed by atoms with van der Waals surface area (Å²) in [5.74, 6) is 0.557. The third kappa shape index (κ3) is 3.32. The van der Waals surface area contributed by atoms with Crippen molar-refractivity contribution in [1.29, 1.82) is 0 Å². The normalized spacial score (nSPS) is 10.2. The van der Waals surface area contributed by atoms with E-state index >= 15 is 0 Å². The summed E-state index contributed by atoms with van der Waals surface area (Å²) >= 11 is 0. The number of pyridine rings is 1. The number of nitrogens with zero attached hydrogens (tertiary/aromatic N) is 1. The minimum absolute atomic E-state index is 0.159. The molecule has 2 aromatic heterocycles. The number of hydrogen-bond acceptors (Lipinski definition) is 4. The van der Waals surface area contributed by atoms with Crippen molar-refractivity contribution in [2.75, 3.05) is 5.32 Å². The van der Waals surface area contributed by atoms with Crippen LogP contribution in [0.15, 0.2) is 71.6 Å². The number of aromatic nitrogens is 1. The number of amides is 1. The van der Waals surface area contributed by atoms with Gasteiger partial charge in [0.05, 0.1) is 24.1 Å². The minimum Gasteiger partial charge on any atom is -0.467 e. The highest BCUT2D eigenvalue weighted by Crippen LogP contribution is 2.20. The highest BCUT2D eigenvalue weighted by atomic mass is 16.3. The Kier molecular flexibility index (Phi) is 4.15. The molecule has 0 unspecified atom stereocenters. The lowest BCUT2D eigenvalue weighted by molar-refractivity contribution is 0.0949. The molecule has 5 heteroatoms. The Morgan fingerprint density at radius 1 is 1.05 bits per heavy atom. The summed E-state index contributed by atoms with van der Waals surface area (Å²) in [4.78, 5) is 16.3. The fourth-order valence-corrected chi connectivity index (χ4v) is 2.06. The first-order valence-electron chi connectivity index (χ1n) is 6.89. The van der Waals surface area contributed by atoms with Crippen LogP contribution in [0.25, 0.3) is 0 Å². The van der Waals surface area contributed by atoms with Gasteiger partial charge < -0.3 is 15.1 Å². The van der Waals surface area contributed by atoms with Gasteiger partial charge >= 0.3 is 0 Å². The maximum Gasteiger partial charge on any atom is 0.253 e. The van der Waals surface area contributed by atoms with Gasteiger partial charge in [-0.2, -0.15) is 0 Å². The lowest BCUT2D eigenvalue weighted by atomic mass is 10.1. The Bertz CT molecular complexity index is 740. The number of rotatable bonds is 5. The number of furan rings is 1. The topological polar surface area (TPSA) is 67.2 Å². The van der Waals surface area contributed by atoms with Crippen LogP contribution in [0.1, 0.15) is 16.1 Å². The first-order chi connectivity index (χ1) is 10.8. The predicted octanol–water partition coefficient (Wildman–Crippen LogP) is 3.35. The summed E-state index contributed by atoms with van der Waals surface area (Å²) in [5.41, 5.74) is 2.19. The molecule has 2 heterocycles. The van der Waals surface area contributed by atoms with E-state index in [4.69, 9.17) is 4.42 Å². The van der Waals surface area contributed by atoms with Gasteiger partial charge in [-0.25, -0.2) is 0 Å². The van der Waals surface area contributed by atoms with Crippen LogP contribution < -0.4 is 10.6 Å². The van der Waals surface area contributed by atoms with E-state index in [1.807, 2.05) is 36.4 Å². The van der Waals surface area contributed by atoms with Crippen LogP contribution in [-0.4, -0.2) is 10.9 Å². The molecule has 22 heavy (non-hydrogen) atoms. The molecule has 1 aromatic carbocycles. The van der Waals surface area contributed by atoms with Crippen molar-refractivity contribution in [1.82, 2.24) is 10.3 Å². The third-order valence-corrected chi connectivity index (χ3v) is 3.13. The molecule has 3 rings (SSSR count). The Morgan fingerprint density at radius 2 is 1.86 bits per heavy atom. The molecule has 0 saturated heterocycles. The van der Waals surface area contributed by atoms with Gasteiger partial charge in [-0.1, -0.05) is 12.1 Å². The van der Waals surface area contributed by atoms with Gasteiger partial charge in [0, 0.05) is 18.1 Å². The molecular formula is C17H15N3O2. The SMILES string of the molecule is O=C(NCc1ccco1)c1ccccc1Nc1ccncc1. The van der Waals surface area contributed by atoms with Gasteiger partial charge in [0.1, 0.15) is 5.76 Å². The smallest absolute Gasteiger partial charge is 0.253 e. The van der Waals surface area contributed by atoms with Crippen LogP contribution in [-0.2, 0) is 6.54 Å². The molecule has 0 saturated carbocycles. The zero-order chi connectivity index (χ0) is 15.2. The van der Waals surface area contributed by atoms with Crippen LogP contribution in [0.3, 0.4) is 0 Å². The van der Waals surface area contributed by atoms with Crippen molar-refractivity contribution in [3.63, 3.8) is 0 Å². The summed E-state index contributed by atoms with van der Waals surface area (Å²) in [6.45, 7) is 0.357. The Hall–Kier alpha value is -3.08. The molecule has 0 radical (unpaired) electrons. The molecule has 2 N–H and O–H groups in total. The second-order valence-electron chi connectivity index (χ2n) is 4.67. The van der Waals surface area contributed by atoms with Gasteiger partial charge in [-0.05, 0) is 36.4 Å². The maximum absolute atomic E-state index is 12.3. The zero-order valence-corrected chi connectivity index (χ0v) is 11.8. The molecule has 3 aromatic rings. The Balaban J connectivity index is 1.74. The van der Waals surface area contributed by atoms with E-state index in [1.165, 1.54) is 0 Å². The van der Waals surface area contributed by atoms with E-state index in [2.05, 4.69) is 15.6 Å². The number of carbonyl (C=O) groups excluding carboxylic acids is 1. The van der Waals surface area contributed by atoms with E-state index in [0.29, 0.717) is 17.9 Å². The molecule has 0 aliphatic carbocycles.